The van der Waals surface area contributed by atoms with Crippen molar-refractivity contribution in [2.45, 2.75) is 37.6 Å². The Balaban J connectivity index is 2.23. The van der Waals surface area contributed by atoms with Gasteiger partial charge < -0.3 is 15.4 Å². The molecule has 1 unspecified atom stereocenters. The molecular formula is C19H25N3O4S3. The minimum Gasteiger partial charge on any atom is -0.492 e. The molecule has 1 aromatic carbocycles. The fraction of sp³-hybridized carbons (Fsp3) is 0.368. The lowest BCUT2D eigenvalue weighted by molar-refractivity contribution is -0.121. The van der Waals surface area contributed by atoms with Crippen LogP contribution >= 0.6 is 23.6 Å². The summed E-state index contributed by atoms with van der Waals surface area (Å²) >= 11 is 6.50. The van der Waals surface area contributed by atoms with Crippen molar-refractivity contribution >= 4 is 44.6 Å². The van der Waals surface area contributed by atoms with E-state index in [-0.39, 0.29) is 34.1 Å². The Hall–Kier alpha value is -2.17. The molecule has 0 saturated carbocycles. The van der Waals surface area contributed by atoms with Crippen LogP contribution in [0.15, 0.2) is 40.6 Å². The molecule has 2 aromatic rings. The van der Waals surface area contributed by atoms with Gasteiger partial charge in [0.2, 0.25) is 5.91 Å². The highest BCUT2D eigenvalue weighted by Gasteiger charge is 2.22. The lowest BCUT2D eigenvalue weighted by atomic mass is 10.1. The van der Waals surface area contributed by atoms with E-state index in [9.17, 15) is 13.2 Å². The first-order chi connectivity index (χ1) is 13.8. The van der Waals surface area contributed by atoms with Gasteiger partial charge in [-0.05, 0) is 54.7 Å². The molecule has 0 spiro atoms. The maximum absolute atomic E-state index is 12.7. The molecule has 3 N–H and O–H groups in total. The molecule has 0 bridgehead atoms. The Labute approximate surface area is 180 Å². The molecule has 1 atom stereocenters. The number of hydrogen-bond donors (Lipinski definition) is 3. The summed E-state index contributed by atoms with van der Waals surface area (Å²) in [5.74, 6) is 0.0181. The average molecular weight is 456 g/mol. The van der Waals surface area contributed by atoms with Gasteiger partial charge in [0, 0.05) is 11.9 Å². The van der Waals surface area contributed by atoms with Crippen LogP contribution in [0.1, 0.15) is 36.8 Å². The second-order valence-electron chi connectivity index (χ2n) is 6.12. The smallest absolute Gasteiger partial charge is 0.267 e. The number of amides is 1. The highest BCUT2D eigenvalue weighted by Crippen LogP contribution is 2.26. The van der Waals surface area contributed by atoms with E-state index in [4.69, 9.17) is 17.0 Å². The summed E-state index contributed by atoms with van der Waals surface area (Å²) in [4.78, 5) is 13.6. The Kier molecular flexibility index (Phi) is 8.42. The number of carbonyl (C=O) groups is 1. The van der Waals surface area contributed by atoms with Crippen molar-refractivity contribution in [2.24, 2.45) is 0 Å². The molecular weight excluding hydrogens is 430 g/mol. The fourth-order valence-electron chi connectivity index (χ4n) is 2.67. The van der Waals surface area contributed by atoms with Gasteiger partial charge in [0.1, 0.15) is 10.6 Å². The molecule has 0 fully saturated rings. The molecule has 0 aliphatic heterocycles. The van der Waals surface area contributed by atoms with E-state index in [1.807, 2.05) is 24.4 Å². The van der Waals surface area contributed by atoms with Gasteiger partial charge in [-0.1, -0.05) is 19.1 Å². The van der Waals surface area contributed by atoms with Crippen LogP contribution in [0.5, 0.6) is 5.75 Å². The highest BCUT2D eigenvalue weighted by molar-refractivity contribution is 7.92. The first-order valence-corrected chi connectivity index (χ1v) is 11.9. The molecule has 0 saturated heterocycles. The molecule has 0 aliphatic carbocycles. The third-order valence-electron chi connectivity index (χ3n) is 4.05. The Morgan fingerprint density at radius 2 is 2.03 bits per heavy atom. The topological polar surface area (TPSA) is 96.5 Å². The third kappa shape index (κ3) is 6.41. The molecule has 0 aliphatic rings. The molecule has 7 nitrogen and oxygen atoms in total. The standard InChI is InChI=1S/C19H25N3O4S3/c1-4-14(16-7-6-10-28-16)21-18(23)12-13-8-9-15(26-5-2)17(11-13)29(24,25)22-19(27)20-3/h6-11,14H,4-5,12H2,1-3H3,(H,21,23)(H2,20,22,27). The molecule has 10 heteroatoms. The summed E-state index contributed by atoms with van der Waals surface area (Å²) in [6.07, 6.45) is 0.813. The number of thiocarbonyl (C=S) groups is 1. The molecule has 2 rings (SSSR count). The lowest BCUT2D eigenvalue weighted by Crippen LogP contribution is -2.37. The maximum Gasteiger partial charge on any atom is 0.267 e. The fourth-order valence-corrected chi connectivity index (χ4v) is 5.01. The molecule has 29 heavy (non-hydrogen) atoms. The Morgan fingerprint density at radius 3 is 2.62 bits per heavy atom. The monoisotopic (exact) mass is 455 g/mol. The van der Waals surface area contributed by atoms with Crippen molar-refractivity contribution in [3.8, 4) is 5.75 Å². The summed E-state index contributed by atoms with van der Waals surface area (Å²) in [5, 5.41) is 7.51. The SMILES string of the molecule is CCOc1ccc(CC(=O)NC(CC)c2cccs2)cc1S(=O)(=O)NC(=S)NC. The summed E-state index contributed by atoms with van der Waals surface area (Å²) in [6, 6.07) is 8.55. The zero-order valence-corrected chi connectivity index (χ0v) is 19.0. The zero-order chi connectivity index (χ0) is 21.4. The summed E-state index contributed by atoms with van der Waals surface area (Å²) < 4.78 is 33.1. The van der Waals surface area contributed by atoms with Crippen LogP contribution in [-0.4, -0.2) is 33.1 Å². The van der Waals surface area contributed by atoms with E-state index in [1.165, 1.54) is 13.1 Å². The molecule has 1 amide bonds. The molecule has 0 radical (unpaired) electrons. The second-order valence-corrected chi connectivity index (χ2v) is 9.16. The quantitative estimate of drug-likeness (QED) is 0.503. The Morgan fingerprint density at radius 1 is 1.28 bits per heavy atom. The lowest BCUT2D eigenvalue weighted by Gasteiger charge is -2.17. The second kappa shape index (κ2) is 10.6. The minimum atomic E-state index is -3.95. The summed E-state index contributed by atoms with van der Waals surface area (Å²) in [6.45, 7) is 4.07. The van der Waals surface area contributed by atoms with Gasteiger partial charge in [-0.3, -0.25) is 9.52 Å². The van der Waals surface area contributed by atoms with Gasteiger partial charge in [-0.2, -0.15) is 0 Å². The minimum absolute atomic E-state index is 0.0302. The van der Waals surface area contributed by atoms with Crippen LogP contribution in [0.3, 0.4) is 0 Å². The maximum atomic E-state index is 12.7. The number of sulfonamides is 1. The number of benzene rings is 1. The van der Waals surface area contributed by atoms with Crippen LogP contribution < -0.4 is 20.1 Å². The average Bonchev–Trinajstić information content (AvgIpc) is 3.21. The molecule has 1 aromatic heterocycles. The summed E-state index contributed by atoms with van der Waals surface area (Å²) in [5.41, 5.74) is 0.558. The van der Waals surface area contributed by atoms with Gasteiger partial charge in [-0.25, -0.2) is 8.42 Å². The molecule has 1 heterocycles. The highest BCUT2D eigenvalue weighted by atomic mass is 32.2. The number of thiophene rings is 1. The van der Waals surface area contributed by atoms with Crippen molar-refractivity contribution in [1.29, 1.82) is 0 Å². The first kappa shape index (κ1) is 23.1. The van der Waals surface area contributed by atoms with Gasteiger partial charge in [0.05, 0.1) is 19.1 Å². The van der Waals surface area contributed by atoms with Crippen LogP contribution in [-0.2, 0) is 21.2 Å². The van der Waals surface area contributed by atoms with E-state index in [0.29, 0.717) is 12.2 Å². The number of hydrogen-bond acceptors (Lipinski definition) is 6. The normalized spacial score (nSPS) is 12.1. The van der Waals surface area contributed by atoms with Gasteiger partial charge in [0.25, 0.3) is 10.0 Å². The van der Waals surface area contributed by atoms with Crippen LogP contribution in [0, 0.1) is 0 Å². The van der Waals surface area contributed by atoms with Crippen molar-refractivity contribution in [3.05, 3.63) is 46.2 Å². The van der Waals surface area contributed by atoms with E-state index in [2.05, 4.69) is 15.4 Å². The van der Waals surface area contributed by atoms with Crippen molar-refractivity contribution in [2.75, 3.05) is 13.7 Å². The van der Waals surface area contributed by atoms with E-state index < -0.39 is 10.0 Å². The van der Waals surface area contributed by atoms with Crippen LogP contribution in [0.25, 0.3) is 0 Å². The first-order valence-electron chi connectivity index (χ1n) is 9.13. The number of carbonyl (C=O) groups excluding carboxylic acids is 1. The number of nitrogens with one attached hydrogen (secondary N) is 3. The largest absolute Gasteiger partial charge is 0.492 e. The predicted octanol–water partition coefficient (Wildman–Crippen LogP) is 2.74. The van der Waals surface area contributed by atoms with E-state index in [1.54, 1.807) is 30.4 Å². The van der Waals surface area contributed by atoms with Crippen LogP contribution in [0.2, 0.25) is 0 Å². The van der Waals surface area contributed by atoms with Crippen molar-refractivity contribution in [3.63, 3.8) is 0 Å². The van der Waals surface area contributed by atoms with Gasteiger partial charge >= 0.3 is 0 Å². The number of rotatable bonds is 9. The Bertz CT molecular complexity index is 944. The van der Waals surface area contributed by atoms with Crippen molar-refractivity contribution in [1.82, 2.24) is 15.4 Å². The van der Waals surface area contributed by atoms with Gasteiger partial charge in [0.15, 0.2) is 5.11 Å². The zero-order valence-electron chi connectivity index (χ0n) is 16.5. The van der Waals surface area contributed by atoms with Gasteiger partial charge in [-0.15, -0.1) is 11.3 Å². The van der Waals surface area contributed by atoms with Crippen molar-refractivity contribution < 1.29 is 17.9 Å². The summed E-state index contributed by atoms with van der Waals surface area (Å²) in [7, 11) is -2.43. The molecule has 158 valence electrons. The van der Waals surface area contributed by atoms with E-state index >= 15 is 0 Å². The predicted molar refractivity (Wildman–Crippen MR) is 119 cm³/mol. The third-order valence-corrected chi connectivity index (χ3v) is 6.84. The van der Waals surface area contributed by atoms with E-state index in [0.717, 1.165) is 11.3 Å². The number of ether oxygens (including phenoxy) is 1. The van der Waals surface area contributed by atoms with Crippen LogP contribution in [0.4, 0.5) is 0 Å².